The van der Waals surface area contributed by atoms with Crippen LogP contribution in [0.25, 0.3) is 11.0 Å². The number of unbranched alkanes of at least 4 members (excludes halogenated alkanes) is 2. The van der Waals surface area contributed by atoms with E-state index in [9.17, 15) is 4.79 Å². The van der Waals surface area contributed by atoms with Gasteiger partial charge in [0, 0.05) is 18.5 Å². The molecule has 4 aromatic rings. The number of rotatable bonds is 12. The smallest absolute Gasteiger partial charge is 0.251 e. The van der Waals surface area contributed by atoms with Crippen molar-refractivity contribution in [3.8, 4) is 5.75 Å². The largest absolute Gasteiger partial charge is 0.492 e. The molecule has 0 unspecified atom stereocenters. The maximum absolute atomic E-state index is 12.1. The van der Waals surface area contributed by atoms with Crippen LogP contribution in [0.3, 0.4) is 0 Å². The van der Waals surface area contributed by atoms with E-state index in [1.165, 1.54) is 5.56 Å². The van der Waals surface area contributed by atoms with E-state index in [4.69, 9.17) is 9.72 Å². The summed E-state index contributed by atoms with van der Waals surface area (Å²) in [6, 6.07) is 26.0. The lowest BCUT2D eigenvalue weighted by molar-refractivity contribution is 0.0953. The van der Waals surface area contributed by atoms with Gasteiger partial charge < -0.3 is 14.6 Å². The van der Waals surface area contributed by atoms with Crippen molar-refractivity contribution in [1.29, 1.82) is 0 Å². The van der Waals surface area contributed by atoms with Crippen LogP contribution in [0.2, 0.25) is 0 Å². The van der Waals surface area contributed by atoms with Crippen LogP contribution >= 0.6 is 0 Å². The highest BCUT2D eigenvalue weighted by Crippen LogP contribution is 2.19. The van der Waals surface area contributed by atoms with E-state index in [0.717, 1.165) is 61.3 Å². The second-order valence-corrected chi connectivity index (χ2v) is 8.45. The van der Waals surface area contributed by atoms with E-state index in [-0.39, 0.29) is 5.91 Å². The normalized spacial score (nSPS) is 11.0. The van der Waals surface area contributed by atoms with Gasteiger partial charge in [0.05, 0.1) is 17.6 Å². The van der Waals surface area contributed by atoms with Crippen LogP contribution in [0.4, 0.5) is 0 Å². The van der Waals surface area contributed by atoms with E-state index < -0.39 is 0 Å². The molecule has 5 nitrogen and oxygen atoms in total. The first-order chi connectivity index (χ1) is 16.7. The molecule has 0 atom stereocenters. The number of fused-ring (bicyclic) bond motifs is 1. The third-order valence-electron chi connectivity index (χ3n) is 6.05. The van der Waals surface area contributed by atoms with Crippen LogP contribution in [-0.2, 0) is 19.4 Å². The molecule has 1 heterocycles. The van der Waals surface area contributed by atoms with Crippen molar-refractivity contribution in [2.75, 3.05) is 13.2 Å². The number of para-hydroxylation sites is 2. The summed E-state index contributed by atoms with van der Waals surface area (Å²) in [7, 11) is 0. The third-order valence-corrected chi connectivity index (χ3v) is 6.05. The van der Waals surface area contributed by atoms with Crippen LogP contribution < -0.4 is 10.1 Å². The quantitative estimate of drug-likeness (QED) is 0.274. The number of nitrogens with zero attached hydrogens (tertiary/aromatic N) is 2. The summed E-state index contributed by atoms with van der Waals surface area (Å²) in [4.78, 5) is 17.0. The molecule has 0 spiro atoms. The third kappa shape index (κ3) is 6.25. The summed E-state index contributed by atoms with van der Waals surface area (Å²) >= 11 is 0. The zero-order chi connectivity index (χ0) is 23.6. The number of benzene rings is 3. The second kappa shape index (κ2) is 12.0. The highest BCUT2D eigenvalue weighted by Gasteiger charge is 2.10. The Hall–Kier alpha value is -3.60. The molecular weight excluding hydrogens is 422 g/mol. The first kappa shape index (κ1) is 23.6. The molecule has 0 aliphatic rings. The number of amides is 1. The van der Waals surface area contributed by atoms with E-state index in [2.05, 4.69) is 47.1 Å². The summed E-state index contributed by atoms with van der Waals surface area (Å²) in [5.41, 5.74) is 4.20. The predicted molar refractivity (Wildman–Crippen MR) is 137 cm³/mol. The van der Waals surface area contributed by atoms with Gasteiger partial charge in [-0.25, -0.2) is 4.98 Å². The lowest BCUT2D eigenvalue weighted by Gasteiger charge is -2.11. The van der Waals surface area contributed by atoms with Crippen molar-refractivity contribution in [1.82, 2.24) is 14.9 Å². The van der Waals surface area contributed by atoms with Crippen molar-refractivity contribution < 1.29 is 9.53 Å². The fourth-order valence-electron chi connectivity index (χ4n) is 4.12. The summed E-state index contributed by atoms with van der Waals surface area (Å²) in [6.45, 7) is 4.21. The molecule has 0 bridgehead atoms. The van der Waals surface area contributed by atoms with Gasteiger partial charge >= 0.3 is 0 Å². The molecule has 3 aromatic carbocycles. The Morgan fingerprint density at radius 3 is 2.47 bits per heavy atom. The predicted octanol–water partition coefficient (Wildman–Crippen LogP) is 5.82. The summed E-state index contributed by atoms with van der Waals surface area (Å²) < 4.78 is 8.30. The Labute approximate surface area is 201 Å². The number of hydrogen-bond donors (Lipinski definition) is 1. The van der Waals surface area contributed by atoms with Gasteiger partial charge in [-0.05, 0) is 61.2 Å². The number of aromatic nitrogens is 2. The van der Waals surface area contributed by atoms with Crippen molar-refractivity contribution >= 4 is 16.9 Å². The van der Waals surface area contributed by atoms with E-state index in [0.29, 0.717) is 18.7 Å². The van der Waals surface area contributed by atoms with E-state index >= 15 is 0 Å². The minimum atomic E-state index is -0.00766. The lowest BCUT2D eigenvalue weighted by Crippen LogP contribution is -2.24. The molecule has 1 aromatic heterocycles. The monoisotopic (exact) mass is 455 g/mol. The molecule has 34 heavy (non-hydrogen) atoms. The standard InChI is InChI=1S/C29H33N3O2/c1-2-23-16-18-25(19-17-23)34-22-21-32-27-14-9-8-13-26(27)31-28(32)15-7-4-10-20-30-29(33)24-11-5-3-6-12-24/h3,5-6,8-9,11-14,16-19H,2,4,7,10,15,20-22H2,1H3,(H,30,33). The Kier molecular flexibility index (Phi) is 8.33. The minimum Gasteiger partial charge on any atom is -0.492 e. The SMILES string of the molecule is CCc1ccc(OCCn2c(CCCCCNC(=O)c3ccccc3)nc3ccccc32)cc1. The second-order valence-electron chi connectivity index (χ2n) is 8.45. The maximum Gasteiger partial charge on any atom is 0.251 e. The molecule has 5 heteroatoms. The average Bonchev–Trinajstić information content (AvgIpc) is 3.24. The molecule has 0 aliphatic carbocycles. The molecule has 0 fully saturated rings. The number of ether oxygens (including phenoxy) is 1. The van der Waals surface area contributed by atoms with E-state index in [1.807, 2.05) is 48.5 Å². The van der Waals surface area contributed by atoms with Crippen molar-refractivity contribution in [2.45, 2.75) is 45.6 Å². The topological polar surface area (TPSA) is 56.1 Å². The van der Waals surface area contributed by atoms with Crippen LogP contribution in [-0.4, -0.2) is 28.6 Å². The lowest BCUT2D eigenvalue weighted by atomic mass is 10.1. The van der Waals surface area contributed by atoms with Gasteiger partial charge in [-0.2, -0.15) is 0 Å². The number of imidazole rings is 1. The number of carbonyl (C=O) groups is 1. The van der Waals surface area contributed by atoms with Gasteiger partial charge in [0.1, 0.15) is 18.2 Å². The first-order valence-electron chi connectivity index (χ1n) is 12.2. The van der Waals surface area contributed by atoms with Gasteiger partial charge in [-0.15, -0.1) is 0 Å². The molecule has 0 saturated heterocycles. The number of hydrogen-bond acceptors (Lipinski definition) is 3. The number of nitrogens with one attached hydrogen (secondary N) is 1. The molecule has 0 aliphatic heterocycles. The minimum absolute atomic E-state index is 0.00766. The Morgan fingerprint density at radius 2 is 1.68 bits per heavy atom. The van der Waals surface area contributed by atoms with Crippen molar-refractivity contribution in [2.24, 2.45) is 0 Å². The Balaban J connectivity index is 1.27. The average molecular weight is 456 g/mol. The summed E-state index contributed by atoms with van der Waals surface area (Å²) in [5.74, 6) is 1.99. The molecule has 1 amide bonds. The van der Waals surface area contributed by atoms with Gasteiger partial charge in [0.25, 0.3) is 5.91 Å². The fraction of sp³-hybridized carbons (Fsp3) is 0.310. The Morgan fingerprint density at radius 1 is 0.912 bits per heavy atom. The van der Waals surface area contributed by atoms with Crippen LogP contribution in [0.5, 0.6) is 5.75 Å². The highest BCUT2D eigenvalue weighted by atomic mass is 16.5. The molecule has 0 saturated carbocycles. The van der Waals surface area contributed by atoms with Crippen LogP contribution in [0.1, 0.15) is 47.9 Å². The number of carbonyl (C=O) groups excluding carboxylic acids is 1. The zero-order valence-corrected chi connectivity index (χ0v) is 19.9. The van der Waals surface area contributed by atoms with Crippen LogP contribution in [0.15, 0.2) is 78.9 Å². The summed E-state index contributed by atoms with van der Waals surface area (Å²) in [5, 5.41) is 3.00. The van der Waals surface area contributed by atoms with Gasteiger partial charge in [0.2, 0.25) is 0 Å². The molecular formula is C29H33N3O2. The Bertz CT molecular complexity index is 1180. The van der Waals surface area contributed by atoms with Gasteiger partial charge in [-0.3, -0.25) is 4.79 Å². The fourth-order valence-corrected chi connectivity index (χ4v) is 4.12. The molecule has 4 rings (SSSR count). The van der Waals surface area contributed by atoms with Crippen molar-refractivity contribution in [3.05, 3.63) is 95.8 Å². The molecule has 0 radical (unpaired) electrons. The van der Waals surface area contributed by atoms with Gasteiger partial charge in [0.15, 0.2) is 0 Å². The maximum atomic E-state index is 12.1. The number of aryl methyl sites for hydroxylation is 2. The zero-order valence-electron chi connectivity index (χ0n) is 19.9. The van der Waals surface area contributed by atoms with Crippen molar-refractivity contribution in [3.63, 3.8) is 0 Å². The van der Waals surface area contributed by atoms with Gasteiger partial charge in [-0.1, -0.05) is 55.8 Å². The molecule has 176 valence electrons. The summed E-state index contributed by atoms with van der Waals surface area (Å²) in [6.07, 6.45) is 4.97. The molecule has 1 N–H and O–H groups in total. The van der Waals surface area contributed by atoms with Crippen LogP contribution in [0, 0.1) is 0 Å². The highest BCUT2D eigenvalue weighted by molar-refractivity contribution is 5.94. The van der Waals surface area contributed by atoms with E-state index in [1.54, 1.807) is 0 Å². The first-order valence-corrected chi connectivity index (χ1v) is 12.2.